The fourth-order valence-electron chi connectivity index (χ4n) is 1.86. The lowest BCUT2D eigenvalue weighted by Crippen LogP contribution is -2.20. The molecule has 1 aromatic heterocycles. The van der Waals surface area contributed by atoms with Crippen LogP contribution in [0.15, 0.2) is 35.1 Å². The molecule has 0 radical (unpaired) electrons. The fraction of sp³-hybridized carbons (Fsp3) is 0.250. The molecule has 2 aromatic rings. The summed E-state index contributed by atoms with van der Waals surface area (Å²) < 4.78 is 3.60. The van der Waals surface area contributed by atoms with Crippen LogP contribution < -0.4 is 11.3 Å². The van der Waals surface area contributed by atoms with Crippen LogP contribution in [-0.2, 0) is 6.54 Å². The van der Waals surface area contributed by atoms with Crippen molar-refractivity contribution in [3.05, 3.63) is 46.4 Å². The van der Waals surface area contributed by atoms with E-state index in [9.17, 15) is 4.79 Å². The minimum Gasteiger partial charge on any atom is -0.399 e. The zero-order valence-electron chi connectivity index (χ0n) is 9.47. The van der Waals surface area contributed by atoms with Crippen LogP contribution in [0, 0.1) is 6.92 Å². The van der Waals surface area contributed by atoms with E-state index in [2.05, 4.69) is 0 Å². The number of benzene rings is 1. The Morgan fingerprint density at radius 3 is 2.44 bits per heavy atom. The minimum absolute atomic E-state index is 0.0101. The summed E-state index contributed by atoms with van der Waals surface area (Å²) in [6, 6.07) is 8.93. The molecular weight excluding hydrogens is 202 g/mol. The molecule has 2 rings (SSSR count). The van der Waals surface area contributed by atoms with Gasteiger partial charge in [0.1, 0.15) is 0 Å². The highest BCUT2D eigenvalue weighted by Crippen LogP contribution is 2.10. The molecule has 4 nitrogen and oxygen atoms in total. The second kappa shape index (κ2) is 3.89. The molecular formula is C12H15N3O. The van der Waals surface area contributed by atoms with Crippen molar-refractivity contribution in [3.8, 4) is 5.69 Å². The van der Waals surface area contributed by atoms with Crippen LogP contribution in [0.1, 0.15) is 12.6 Å². The molecule has 0 aliphatic rings. The zero-order valence-corrected chi connectivity index (χ0v) is 9.47. The maximum atomic E-state index is 11.8. The molecule has 0 bridgehead atoms. The van der Waals surface area contributed by atoms with E-state index < -0.39 is 0 Å². The van der Waals surface area contributed by atoms with Crippen LogP contribution in [0.3, 0.4) is 0 Å². The van der Waals surface area contributed by atoms with Crippen molar-refractivity contribution >= 4 is 5.69 Å². The summed E-state index contributed by atoms with van der Waals surface area (Å²) in [5.74, 6) is 0. The van der Waals surface area contributed by atoms with Gasteiger partial charge in [-0.3, -0.25) is 9.48 Å². The third-order valence-electron chi connectivity index (χ3n) is 2.63. The molecule has 0 fully saturated rings. The summed E-state index contributed by atoms with van der Waals surface area (Å²) in [5, 5.41) is 0. The molecule has 84 valence electrons. The van der Waals surface area contributed by atoms with Crippen molar-refractivity contribution in [1.82, 2.24) is 9.36 Å². The number of nitrogens with two attached hydrogens (primary N) is 1. The van der Waals surface area contributed by atoms with Crippen LogP contribution in [-0.4, -0.2) is 9.36 Å². The Bertz CT molecular complexity index is 549. The molecule has 4 heteroatoms. The number of nitrogens with zero attached hydrogens (tertiary/aromatic N) is 2. The second-order valence-electron chi connectivity index (χ2n) is 3.74. The van der Waals surface area contributed by atoms with E-state index in [0.29, 0.717) is 5.69 Å². The number of anilines is 1. The summed E-state index contributed by atoms with van der Waals surface area (Å²) in [6.07, 6.45) is 0. The average molecular weight is 217 g/mol. The van der Waals surface area contributed by atoms with Crippen molar-refractivity contribution in [2.24, 2.45) is 0 Å². The van der Waals surface area contributed by atoms with E-state index in [-0.39, 0.29) is 5.56 Å². The van der Waals surface area contributed by atoms with Gasteiger partial charge in [0.15, 0.2) is 0 Å². The minimum atomic E-state index is -0.0101. The third-order valence-corrected chi connectivity index (χ3v) is 2.63. The Labute approximate surface area is 93.9 Å². The predicted octanol–water partition coefficient (Wildman–Crippen LogP) is 1.55. The number of hydrogen-bond acceptors (Lipinski definition) is 2. The molecule has 0 aliphatic heterocycles. The largest absolute Gasteiger partial charge is 0.399 e. The number of rotatable bonds is 2. The van der Waals surface area contributed by atoms with Gasteiger partial charge in [-0.25, -0.2) is 4.68 Å². The molecule has 0 atom stereocenters. The van der Waals surface area contributed by atoms with Gasteiger partial charge in [0.2, 0.25) is 0 Å². The van der Waals surface area contributed by atoms with Gasteiger partial charge in [-0.15, -0.1) is 0 Å². The lowest BCUT2D eigenvalue weighted by molar-refractivity contribution is 0.560. The van der Waals surface area contributed by atoms with Crippen molar-refractivity contribution in [2.75, 3.05) is 5.73 Å². The Balaban J connectivity index is 2.63. The van der Waals surface area contributed by atoms with Gasteiger partial charge in [-0.1, -0.05) is 0 Å². The van der Waals surface area contributed by atoms with Crippen LogP contribution in [0.4, 0.5) is 5.69 Å². The topological polar surface area (TPSA) is 53.0 Å². The van der Waals surface area contributed by atoms with Gasteiger partial charge >= 0.3 is 0 Å². The first kappa shape index (κ1) is 10.5. The molecule has 2 N–H and O–H groups in total. The zero-order chi connectivity index (χ0) is 11.7. The van der Waals surface area contributed by atoms with Crippen LogP contribution in [0.5, 0.6) is 0 Å². The Hall–Kier alpha value is -1.97. The molecule has 1 heterocycles. The van der Waals surface area contributed by atoms with Crippen LogP contribution >= 0.6 is 0 Å². The SMILES string of the molecule is CCn1c(C)cc(=O)n1-c1ccc(N)cc1. The molecule has 0 spiro atoms. The number of aryl methyl sites for hydroxylation is 1. The number of hydrogen-bond donors (Lipinski definition) is 1. The van der Waals surface area contributed by atoms with Gasteiger partial charge < -0.3 is 5.73 Å². The quantitative estimate of drug-likeness (QED) is 0.776. The van der Waals surface area contributed by atoms with Crippen molar-refractivity contribution < 1.29 is 0 Å². The highest BCUT2D eigenvalue weighted by atomic mass is 16.1. The Morgan fingerprint density at radius 2 is 1.88 bits per heavy atom. The lowest BCUT2D eigenvalue weighted by Gasteiger charge is -2.11. The molecule has 0 unspecified atom stereocenters. The Morgan fingerprint density at radius 1 is 1.25 bits per heavy atom. The third kappa shape index (κ3) is 1.62. The molecule has 0 amide bonds. The first-order chi connectivity index (χ1) is 7.63. The maximum absolute atomic E-state index is 11.8. The summed E-state index contributed by atoms with van der Waals surface area (Å²) in [7, 11) is 0. The highest BCUT2D eigenvalue weighted by molar-refractivity contribution is 5.44. The average Bonchev–Trinajstić information content (AvgIpc) is 2.54. The van der Waals surface area contributed by atoms with E-state index in [1.54, 1.807) is 22.9 Å². The van der Waals surface area contributed by atoms with E-state index in [4.69, 9.17) is 5.73 Å². The van der Waals surface area contributed by atoms with E-state index >= 15 is 0 Å². The second-order valence-corrected chi connectivity index (χ2v) is 3.74. The fourth-order valence-corrected chi connectivity index (χ4v) is 1.86. The van der Waals surface area contributed by atoms with Gasteiger partial charge in [-0.05, 0) is 38.1 Å². The highest BCUT2D eigenvalue weighted by Gasteiger charge is 2.07. The standard InChI is InChI=1S/C12H15N3O/c1-3-14-9(2)8-12(16)15(14)11-6-4-10(13)5-7-11/h4-8H,3,13H2,1-2H3. The van der Waals surface area contributed by atoms with Crippen LogP contribution in [0.25, 0.3) is 5.69 Å². The van der Waals surface area contributed by atoms with Gasteiger partial charge in [0.25, 0.3) is 5.56 Å². The monoisotopic (exact) mass is 217 g/mol. The van der Waals surface area contributed by atoms with Gasteiger partial charge in [-0.2, -0.15) is 0 Å². The molecule has 0 saturated heterocycles. The first-order valence-corrected chi connectivity index (χ1v) is 5.29. The first-order valence-electron chi connectivity index (χ1n) is 5.29. The lowest BCUT2D eigenvalue weighted by atomic mass is 10.3. The smallest absolute Gasteiger partial charge is 0.271 e. The van der Waals surface area contributed by atoms with Gasteiger partial charge in [0.05, 0.1) is 5.69 Å². The number of aromatic nitrogens is 2. The van der Waals surface area contributed by atoms with E-state index in [1.807, 2.05) is 30.7 Å². The van der Waals surface area contributed by atoms with Crippen molar-refractivity contribution in [3.63, 3.8) is 0 Å². The number of nitrogen functional groups attached to an aromatic ring is 1. The van der Waals surface area contributed by atoms with E-state index in [1.165, 1.54) is 0 Å². The van der Waals surface area contributed by atoms with Crippen LogP contribution in [0.2, 0.25) is 0 Å². The van der Waals surface area contributed by atoms with Crippen molar-refractivity contribution in [2.45, 2.75) is 20.4 Å². The van der Waals surface area contributed by atoms with Crippen molar-refractivity contribution in [1.29, 1.82) is 0 Å². The molecule has 0 aliphatic carbocycles. The van der Waals surface area contributed by atoms with Gasteiger partial charge in [0, 0.05) is 24.0 Å². The Kier molecular flexibility index (Phi) is 2.56. The predicted molar refractivity (Wildman–Crippen MR) is 64.9 cm³/mol. The summed E-state index contributed by atoms with van der Waals surface area (Å²) >= 11 is 0. The summed E-state index contributed by atoms with van der Waals surface area (Å²) in [5.41, 5.74) is 8.12. The maximum Gasteiger partial charge on any atom is 0.271 e. The summed E-state index contributed by atoms with van der Waals surface area (Å²) in [6.45, 7) is 4.71. The molecule has 16 heavy (non-hydrogen) atoms. The normalized spacial score (nSPS) is 10.6. The van der Waals surface area contributed by atoms with E-state index in [0.717, 1.165) is 17.9 Å². The molecule has 1 aromatic carbocycles. The summed E-state index contributed by atoms with van der Waals surface area (Å²) in [4.78, 5) is 11.8. The molecule has 0 saturated carbocycles.